The molecule has 0 aliphatic carbocycles. The second-order valence-corrected chi connectivity index (χ2v) is 5.17. The van der Waals surface area contributed by atoms with E-state index in [0.717, 1.165) is 5.69 Å². The van der Waals surface area contributed by atoms with Crippen LogP contribution in [0.1, 0.15) is 38.4 Å². The summed E-state index contributed by atoms with van der Waals surface area (Å²) in [5.41, 5.74) is 8.27. The Morgan fingerprint density at radius 3 is 2.56 bits per heavy atom. The van der Waals surface area contributed by atoms with Gasteiger partial charge in [-0.3, -0.25) is 0 Å². The maximum absolute atomic E-state index is 6.09. The lowest BCUT2D eigenvalue weighted by Crippen LogP contribution is -2.26. The molecule has 0 bridgehead atoms. The van der Waals surface area contributed by atoms with Crippen LogP contribution in [-0.2, 0) is 0 Å². The van der Waals surface area contributed by atoms with Crippen LogP contribution in [0.5, 0.6) is 0 Å². The third-order valence-corrected chi connectivity index (χ3v) is 2.61. The molecular weight excluding hydrogens is 202 g/mol. The highest BCUT2D eigenvalue weighted by atomic mass is 16.3. The van der Waals surface area contributed by atoms with Gasteiger partial charge in [0.25, 0.3) is 0 Å². The van der Waals surface area contributed by atoms with Crippen LogP contribution < -0.4 is 5.73 Å². The van der Waals surface area contributed by atoms with Crippen molar-refractivity contribution in [2.24, 2.45) is 11.1 Å². The van der Waals surface area contributed by atoms with Crippen LogP contribution in [0.4, 0.5) is 0 Å². The Bertz CT molecular complexity index is 510. The summed E-state index contributed by atoms with van der Waals surface area (Å²) >= 11 is 0. The third-order valence-electron chi connectivity index (χ3n) is 2.61. The highest BCUT2D eigenvalue weighted by Gasteiger charge is 2.27. The number of hydrogen-bond acceptors (Lipinski definition) is 4. The Hall–Kier alpha value is -1.42. The van der Waals surface area contributed by atoms with Crippen LogP contribution in [0.2, 0.25) is 0 Å². The fourth-order valence-corrected chi connectivity index (χ4v) is 1.43. The molecule has 2 aromatic rings. The van der Waals surface area contributed by atoms with E-state index in [1.807, 2.05) is 19.1 Å². The van der Waals surface area contributed by atoms with Crippen LogP contribution in [0.15, 0.2) is 16.5 Å². The van der Waals surface area contributed by atoms with Crippen LogP contribution in [0, 0.1) is 12.3 Å². The molecule has 2 aromatic heterocycles. The number of nitrogens with zero attached hydrogens (tertiary/aromatic N) is 2. The van der Waals surface area contributed by atoms with E-state index in [1.165, 1.54) is 0 Å². The zero-order chi connectivity index (χ0) is 11.9. The predicted octanol–water partition coefficient (Wildman–Crippen LogP) is 2.58. The van der Waals surface area contributed by atoms with Gasteiger partial charge in [-0.2, -0.15) is 4.98 Å². The topological polar surface area (TPSA) is 64.9 Å². The summed E-state index contributed by atoms with van der Waals surface area (Å²) in [4.78, 5) is 8.64. The van der Waals surface area contributed by atoms with Crippen molar-refractivity contribution in [2.75, 3.05) is 0 Å². The first-order chi connectivity index (χ1) is 7.38. The molecule has 2 heterocycles. The first-order valence-corrected chi connectivity index (χ1v) is 5.37. The van der Waals surface area contributed by atoms with Crippen molar-refractivity contribution < 1.29 is 4.42 Å². The van der Waals surface area contributed by atoms with Crippen LogP contribution in [-0.4, -0.2) is 9.97 Å². The first kappa shape index (κ1) is 11.1. The Morgan fingerprint density at radius 1 is 1.25 bits per heavy atom. The molecule has 1 atom stereocenters. The smallest absolute Gasteiger partial charge is 0.214 e. The molecule has 16 heavy (non-hydrogen) atoms. The molecule has 0 amide bonds. The second-order valence-electron chi connectivity index (χ2n) is 5.17. The fraction of sp³-hybridized carbons (Fsp3) is 0.500. The maximum atomic E-state index is 6.09. The zero-order valence-electron chi connectivity index (χ0n) is 10.1. The number of nitrogens with two attached hydrogens (primary N) is 1. The molecule has 2 rings (SSSR count). The molecular formula is C12H17N3O. The summed E-state index contributed by atoms with van der Waals surface area (Å²) in [5, 5.41) is 0. The van der Waals surface area contributed by atoms with E-state index in [-0.39, 0.29) is 11.5 Å². The van der Waals surface area contributed by atoms with Crippen molar-refractivity contribution in [2.45, 2.75) is 33.7 Å². The highest BCUT2D eigenvalue weighted by Crippen LogP contribution is 2.31. The SMILES string of the molecule is Cc1ccc2oc(C(N)C(C)(C)C)nc2n1. The van der Waals surface area contributed by atoms with Gasteiger partial charge in [0.15, 0.2) is 11.2 Å². The largest absolute Gasteiger partial charge is 0.437 e. The quantitative estimate of drug-likeness (QED) is 0.800. The summed E-state index contributed by atoms with van der Waals surface area (Å²) in [7, 11) is 0. The number of pyridine rings is 1. The standard InChI is InChI=1S/C12H17N3O/c1-7-5-6-8-10(14-7)15-11(16-8)9(13)12(2,3)4/h5-6,9H,13H2,1-4H3. The summed E-state index contributed by atoms with van der Waals surface area (Å²) in [6.07, 6.45) is 0. The molecule has 0 radical (unpaired) electrons. The highest BCUT2D eigenvalue weighted by molar-refractivity contribution is 5.67. The van der Waals surface area contributed by atoms with E-state index in [2.05, 4.69) is 30.7 Å². The normalized spacial score (nSPS) is 14.3. The van der Waals surface area contributed by atoms with Crippen molar-refractivity contribution in [3.63, 3.8) is 0 Å². The summed E-state index contributed by atoms with van der Waals surface area (Å²) in [5.74, 6) is 0.556. The number of fused-ring (bicyclic) bond motifs is 1. The van der Waals surface area contributed by atoms with E-state index < -0.39 is 0 Å². The van der Waals surface area contributed by atoms with Gasteiger partial charge in [0.1, 0.15) is 0 Å². The Labute approximate surface area is 94.9 Å². The third kappa shape index (κ3) is 1.93. The molecule has 0 saturated carbocycles. The van der Waals surface area contributed by atoms with Crippen LogP contribution in [0.25, 0.3) is 11.2 Å². The van der Waals surface area contributed by atoms with E-state index in [4.69, 9.17) is 10.2 Å². The number of aryl methyl sites for hydroxylation is 1. The number of aromatic nitrogens is 2. The molecule has 0 saturated heterocycles. The minimum absolute atomic E-state index is 0.0735. The molecule has 0 aromatic carbocycles. The Morgan fingerprint density at radius 2 is 1.94 bits per heavy atom. The molecule has 0 aliphatic heterocycles. The van der Waals surface area contributed by atoms with Gasteiger partial charge in [-0.1, -0.05) is 20.8 Å². The lowest BCUT2D eigenvalue weighted by atomic mass is 9.87. The second kappa shape index (κ2) is 3.56. The Balaban J connectivity index is 2.47. The summed E-state index contributed by atoms with van der Waals surface area (Å²) in [6, 6.07) is 3.56. The lowest BCUT2D eigenvalue weighted by Gasteiger charge is -2.23. The molecule has 0 spiro atoms. The van der Waals surface area contributed by atoms with E-state index in [9.17, 15) is 0 Å². The van der Waals surface area contributed by atoms with E-state index in [1.54, 1.807) is 0 Å². The van der Waals surface area contributed by atoms with Gasteiger partial charge in [0, 0.05) is 5.69 Å². The fourth-order valence-electron chi connectivity index (χ4n) is 1.43. The molecule has 86 valence electrons. The predicted molar refractivity (Wildman–Crippen MR) is 62.9 cm³/mol. The van der Waals surface area contributed by atoms with Crippen molar-refractivity contribution in [1.82, 2.24) is 9.97 Å². The Kier molecular flexibility index (Phi) is 2.46. The van der Waals surface area contributed by atoms with Gasteiger partial charge < -0.3 is 10.2 Å². The summed E-state index contributed by atoms with van der Waals surface area (Å²) in [6.45, 7) is 8.11. The van der Waals surface area contributed by atoms with Crippen molar-refractivity contribution in [3.05, 3.63) is 23.7 Å². The van der Waals surface area contributed by atoms with Crippen LogP contribution in [0.3, 0.4) is 0 Å². The van der Waals surface area contributed by atoms with E-state index in [0.29, 0.717) is 17.1 Å². The maximum Gasteiger partial charge on any atom is 0.214 e. The molecule has 4 nitrogen and oxygen atoms in total. The lowest BCUT2D eigenvalue weighted by molar-refractivity contribution is 0.282. The van der Waals surface area contributed by atoms with Crippen LogP contribution >= 0.6 is 0 Å². The minimum Gasteiger partial charge on any atom is -0.437 e. The number of oxazole rings is 1. The van der Waals surface area contributed by atoms with Crippen molar-refractivity contribution in [3.8, 4) is 0 Å². The average Bonchev–Trinajstić information content (AvgIpc) is 2.57. The first-order valence-electron chi connectivity index (χ1n) is 5.37. The molecule has 2 N–H and O–H groups in total. The van der Waals surface area contributed by atoms with Crippen molar-refractivity contribution in [1.29, 1.82) is 0 Å². The minimum atomic E-state index is -0.220. The monoisotopic (exact) mass is 219 g/mol. The molecule has 4 heteroatoms. The van der Waals surface area contributed by atoms with Gasteiger partial charge >= 0.3 is 0 Å². The number of hydrogen-bond donors (Lipinski definition) is 1. The van der Waals surface area contributed by atoms with E-state index >= 15 is 0 Å². The molecule has 1 unspecified atom stereocenters. The average molecular weight is 219 g/mol. The molecule has 0 fully saturated rings. The zero-order valence-corrected chi connectivity index (χ0v) is 10.1. The summed E-state index contributed by atoms with van der Waals surface area (Å²) < 4.78 is 5.61. The van der Waals surface area contributed by atoms with Gasteiger partial charge in [0.2, 0.25) is 5.89 Å². The van der Waals surface area contributed by atoms with Gasteiger partial charge in [-0.15, -0.1) is 0 Å². The molecule has 0 aliphatic rings. The van der Waals surface area contributed by atoms with Gasteiger partial charge in [-0.25, -0.2) is 4.98 Å². The van der Waals surface area contributed by atoms with Gasteiger partial charge in [-0.05, 0) is 24.5 Å². The van der Waals surface area contributed by atoms with Crippen molar-refractivity contribution >= 4 is 11.2 Å². The number of rotatable bonds is 1. The van der Waals surface area contributed by atoms with Gasteiger partial charge in [0.05, 0.1) is 6.04 Å².